The third-order valence-corrected chi connectivity index (χ3v) is 7.13. The summed E-state index contributed by atoms with van der Waals surface area (Å²) >= 11 is 5.91. The van der Waals surface area contributed by atoms with E-state index in [1.807, 2.05) is 32.0 Å². The van der Waals surface area contributed by atoms with Crippen LogP contribution in [0, 0.1) is 13.8 Å². The van der Waals surface area contributed by atoms with Crippen molar-refractivity contribution in [3.63, 3.8) is 0 Å². The topological polar surface area (TPSA) is 75.7 Å². The lowest BCUT2D eigenvalue weighted by Gasteiger charge is -2.34. The van der Waals surface area contributed by atoms with Crippen LogP contribution in [0.5, 0.6) is 5.75 Å². The summed E-state index contributed by atoms with van der Waals surface area (Å²) < 4.78 is 33.9. The molecule has 0 bridgehead atoms. The molecule has 0 saturated carbocycles. The minimum absolute atomic E-state index is 0.0855. The first-order valence-electron chi connectivity index (χ1n) is 9.68. The Labute approximate surface area is 186 Å². The molecule has 0 radical (unpaired) electrons. The maximum atomic E-state index is 13.4. The first-order chi connectivity index (χ1) is 14.8. The Kier molecular flexibility index (Phi) is 5.64. The molecule has 0 aliphatic carbocycles. The molecule has 31 heavy (non-hydrogen) atoms. The van der Waals surface area contributed by atoms with Gasteiger partial charge in [0.25, 0.3) is 15.9 Å². The zero-order valence-electron chi connectivity index (χ0n) is 17.0. The smallest absolute Gasteiger partial charge is 0.267 e. The normalized spacial score (nSPS) is 15.7. The lowest BCUT2D eigenvalue weighted by molar-refractivity contribution is -0.122. The summed E-state index contributed by atoms with van der Waals surface area (Å²) in [6, 6.07) is 18.4. The lowest BCUT2D eigenvalue weighted by atomic mass is 10.1. The molecule has 4 rings (SSSR count). The summed E-state index contributed by atoms with van der Waals surface area (Å²) in [5.74, 6) is -0.0908. The molecular weight excluding hydrogens is 436 g/mol. The monoisotopic (exact) mass is 456 g/mol. The Morgan fingerprint density at radius 1 is 1.06 bits per heavy atom. The van der Waals surface area contributed by atoms with Crippen LogP contribution in [0.25, 0.3) is 0 Å². The quantitative estimate of drug-likeness (QED) is 0.624. The van der Waals surface area contributed by atoms with Crippen LogP contribution < -0.4 is 14.4 Å². The van der Waals surface area contributed by atoms with Gasteiger partial charge in [0.1, 0.15) is 5.75 Å². The van der Waals surface area contributed by atoms with Gasteiger partial charge in [0, 0.05) is 10.7 Å². The van der Waals surface area contributed by atoms with E-state index in [1.54, 1.807) is 24.3 Å². The molecule has 0 spiro atoms. The van der Waals surface area contributed by atoms with E-state index in [9.17, 15) is 13.2 Å². The number of anilines is 2. The largest absolute Gasteiger partial charge is 0.476 e. The molecule has 0 saturated heterocycles. The van der Waals surface area contributed by atoms with Crippen molar-refractivity contribution in [2.45, 2.75) is 24.8 Å². The highest BCUT2D eigenvalue weighted by molar-refractivity contribution is 7.92. The molecule has 8 heteroatoms. The first kappa shape index (κ1) is 21.2. The molecule has 6 nitrogen and oxygen atoms in total. The zero-order valence-corrected chi connectivity index (χ0v) is 18.6. The molecule has 1 N–H and O–H groups in total. The molecule has 0 fully saturated rings. The average molecular weight is 457 g/mol. The molecule has 1 atom stereocenters. The number of ether oxygens (including phenoxy) is 1. The van der Waals surface area contributed by atoms with E-state index in [2.05, 4.69) is 5.32 Å². The summed E-state index contributed by atoms with van der Waals surface area (Å²) in [5.41, 5.74) is 2.95. The second-order valence-corrected chi connectivity index (χ2v) is 9.67. The van der Waals surface area contributed by atoms with Gasteiger partial charge in [-0.2, -0.15) is 0 Å². The Morgan fingerprint density at radius 3 is 2.52 bits per heavy atom. The highest BCUT2D eigenvalue weighted by Crippen LogP contribution is 2.37. The second-order valence-electron chi connectivity index (χ2n) is 7.37. The molecule has 0 aromatic heterocycles. The Morgan fingerprint density at radius 2 is 1.77 bits per heavy atom. The minimum atomic E-state index is -3.93. The summed E-state index contributed by atoms with van der Waals surface area (Å²) in [6.07, 6.45) is -1.02. The fourth-order valence-electron chi connectivity index (χ4n) is 3.38. The highest BCUT2D eigenvalue weighted by atomic mass is 35.5. The van der Waals surface area contributed by atoms with Crippen LogP contribution in [0.15, 0.2) is 71.6 Å². The van der Waals surface area contributed by atoms with Gasteiger partial charge in [-0.15, -0.1) is 0 Å². The number of hydrogen-bond donors (Lipinski definition) is 1. The predicted molar refractivity (Wildman–Crippen MR) is 121 cm³/mol. The van der Waals surface area contributed by atoms with E-state index in [0.29, 0.717) is 22.1 Å². The number of amides is 1. The van der Waals surface area contributed by atoms with Crippen molar-refractivity contribution in [2.75, 3.05) is 16.2 Å². The van der Waals surface area contributed by atoms with E-state index in [0.717, 1.165) is 11.1 Å². The number of hydrogen-bond acceptors (Lipinski definition) is 4. The fraction of sp³-hybridized carbons (Fsp3) is 0.174. The fourth-order valence-corrected chi connectivity index (χ4v) is 4.99. The summed E-state index contributed by atoms with van der Waals surface area (Å²) in [4.78, 5) is 13.1. The van der Waals surface area contributed by atoms with Crippen LogP contribution in [0.4, 0.5) is 11.4 Å². The van der Waals surface area contributed by atoms with Gasteiger partial charge >= 0.3 is 0 Å². The molecule has 3 aromatic rings. The summed E-state index contributed by atoms with van der Waals surface area (Å²) in [5, 5.41) is 3.31. The number of sulfonamides is 1. The number of halogens is 1. The van der Waals surface area contributed by atoms with E-state index < -0.39 is 22.0 Å². The predicted octanol–water partition coefficient (Wildman–Crippen LogP) is 4.55. The van der Waals surface area contributed by atoms with Crippen LogP contribution in [-0.4, -0.2) is 27.0 Å². The number of aryl methyl sites for hydroxylation is 2. The van der Waals surface area contributed by atoms with Crippen molar-refractivity contribution in [1.82, 2.24) is 0 Å². The molecule has 160 valence electrons. The molecule has 1 aliphatic heterocycles. The molecule has 3 aromatic carbocycles. The van der Waals surface area contributed by atoms with E-state index >= 15 is 0 Å². The number of nitrogens with one attached hydrogen (secondary N) is 1. The van der Waals surface area contributed by atoms with Gasteiger partial charge in [-0.05, 0) is 67.4 Å². The highest BCUT2D eigenvalue weighted by Gasteiger charge is 2.37. The van der Waals surface area contributed by atoms with Crippen molar-refractivity contribution < 1.29 is 17.9 Å². The van der Waals surface area contributed by atoms with Crippen LogP contribution in [0.1, 0.15) is 11.1 Å². The average Bonchev–Trinajstić information content (AvgIpc) is 2.75. The third kappa shape index (κ3) is 4.24. The van der Waals surface area contributed by atoms with Gasteiger partial charge in [-0.3, -0.25) is 9.10 Å². The Hall–Kier alpha value is -3.03. The van der Waals surface area contributed by atoms with Crippen LogP contribution in [0.3, 0.4) is 0 Å². The minimum Gasteiger partial charge on any atom is -0.476 e. The van der Waals surface area contributed by atoms with Crippen molar-refractivity contribution in [2.24, 2.45) is 0 Å². The van der Waals surface area contributed by atoms with Crippen molar-refractivity contribution in [1.29, 1.82) is 0 Å². The number of carbonyl (C=O) groups is 1. The van der Waals surface area contributed by atoms with E-state index in [-0.39, 0.29) is 11.4 Å². The number of fused-ring (bicyclic) bond motifs is 1. The lowest BCUT2D eigenvalue weighted by Crippen LogP contribution is -2.48. The number of benzene rings is 3. The Bertz CT molecular complexity index is 1240. The van der Waals surface area contributed by atoms with Crippen molar-refractivity contribution in [3.8, 4) is 5.75 Å². The molecule has 0 unspecified atom stereocenters. The van der Waals surface area contributed by atoms with Crippen LogP contribution in [0.2, 0.25) is 5.02 Å². The molecular formula is C23H21ClN2O4S. The first-order valence-corrected chi connectivity index (χ1v) is 11.5. The number of para-hydroxylation sites is 2. The number of carbonyl (C=O) groups excluding carboxylic acids is 1. The number of rotatable bonds is 4. The van der Waals surface area contributed by atoms with Gasteiger partial charge in [0.15, 0.2) is 6.10 Å². The summed E-state index contributed by atoms with van der Waals surface area (Å²) in [7, 11) is -3.93. The van der Waals surface area contributed by atoms with Gasteiger partial charge in [-0.1, -0.05) is 35.9 Å². The Balaban J connectivity index is 1.68. The second kappa shape index (κ2) is 8.24. The summed E-state index contributed by atoms with van der Waals surface area (Å²) in [6.45, 7) is 3.67. The SMILES string of the molecule is Cc1ccc(C)c(NC(=O)[C@@H]2CN(S(=O)(=O)c3ccc(Cl)cc3)c3ccccc3O2)c1. The van der Waals surface area contributed by atoms with E-state index in [1.165, 1.54) is 28.6 Å². The number of nitrogens with zero attached hydrogens (tertiary/aromatic N) is 1. The maximum Gasteiger partial charge on any atom is 0.267 e. The zero-order chi connectivity index (χ0) is 22.2. The van der Waals surface area contributed by atoms with Gasteiger partial charge in [0.05, 0.1) is 17.1 Å². The van der Waals surface area contributed by atoms with E-state index in [4.69, 9.17) is 16.3 Å². The van der Waals surface area contributed by atoms with Gasteiger partial charge in [0.2, 0.25) is 0 Å². The van der Waals surface area contributed by atoms with Gasteiger partial charge in [-0.25, -0.2) is 8.42 Å². The van der Waals surface area contributed by atoms with Crippen molar-refractivity contribution >= 4 is 38.9 Å². The maximum absolute atomic E-state index is 13.4. The molecule has 1 heterocycles. The molecule has 1 aliphatic rings. The van der Waals surface area contributed by atoms with Crippen LogP contribution in [-0.2, 0) is 14.8 Å². The van der Waals surface area contributed by atoms with Gasteiger partial charge < -0.3 is 10.1 Å². The van der Waals surface area contributed by atoms with Crippen LogP contribution >= 0.6 is 11.6 Å². The standard InChI is InChI=1S/C23H21ClN2O4S/c1-15-7-8-16(2)19(13-15)25-23(27)22-14-26(20-5-3-4-6-21(20)30-22)31(28,29)18-11-9-17(24)10-12-18/h3-13,22H,14H2,1-2H3,(H,25,27)/t22-/m0/s1. The third-order valence-electron chi connectivity index (χ3n) is 5.08. The molecule has 1 amide bonds. The van der Waals surface area contributed by atoms with Crippen molar-refractivity contribution in [3.05, 3.63) is 82.9 Å².